The van der Waals surface area contributed by atoms with Crippen LogP contribution in [0.3, 0.4) is 0 Å². The topological polar surface area (TPSA) is 88.7 Å². The first-order valence-corrected chi connectivity index (χ1v) is 7.40. The maximum Gasteiger partial charge on any atom is 0.221 e. The number of nitriles is 1. The molecule has 0 unspecified atom stereocenters. The van der Waals surface area contributed by atoms with Crippen LogP contribution in [-0.4, -0.2) is 22.5 Å². The van der Waals surface area contributed by atoms with E-state index in [9.17, 15) is 5.26 Å². The number of hydrogen-bond acceptors (Lipinski definition) is 7. The van der Waals surface area contributed by atoms with Crippen LogP contribution < -0.4 is 5.73 Å². The second-order valence-corrected chi connectivity index (χ2v) is 4.85. The van der Waals surface area contributed by atoms with Gasteiger partial charge in [0.1, 0.15) is 22.4 Å². The Kier molecular flexibility index (Phi) is 3.79. The van der Waals surface area contributed by atoms with Crippen molar-refractivity contribution in [1.82, 2.24) is 9.97 Å². The van der Waals surface area contributed by atoms with Crippen LogP contribution in [0.1, 0.15) is 5.56 Å². The van der Waals surface area contributed by atoms with Gasteiger partial charge in [-0.3, -0.25) is 0 Å². The summed E-state index contributed by atoms with van der Waals surface area (Å²) in [5.41, 5.74) is 6.47. The van der Waals surface area contributed by atoms with E-state index >= 15 is 0 Å². The third-order valence-corrected chi connectivity index (χ3v) is 3.52. The largest absolute Gasteiger partial charge is 0.448 e. The Bertz CT molecular complexity index is 618. The first-order valence-electron chi connectivity index (χ1n) is 4.95. The van der Waals surface area contributed by atoms with Crippen molar-refractivity contribution in [3.05, 3.63) is 17.7 Å². The molecule has 5 nitrogen and oxygen atoms in total. The highest BCUT2D eigenvalue weighted by atomic mass is 32.2. The lowest BCUT2D eigenvalue weighted by Crippen LogP contribution is -2.01. The molecule has 2 rings (SSSR count). The maximum absolute atomic E-state index is 9.22. The molecule has 0 saturated heterocycles. The van der Waals surface area contributed by atoms with Gasteiger partial charge in [-0.25, -0.2) is 9.97 Å². The van der Waals surface area contributed by atoms with Crippen molar-refractivity contribution in [1.29, 1.82) is 5.26 Å². The van der Waals surface area contributed by atoms with Crippen molar-refractivity contribution < 1.29 is 4.42 Å². The molecule has 7 heteroatoms. The molecular weight excluding hydrogens is 268 g/mol. The van der Waals surface area contributed by atoms with Gasteiger partial charge in [-0.15, -0.1) is 11.8 Å². The van der Waals surface area contributed by atoms with Gasteiger partial charge < -0.3 is 10.2 Å². The maximum atomic E-state index is 9.22. The van der Waals surface area contributed by atoms with Gasteiger partial charge >= 0.3 is 0 Å². The van der Waals surface area contributed by atoms with Crippen LogP contribution in [0.15, 0.2) is 26.7 Å². The first kappa shape index (κ1) is 12.8. The van der Waals surface area contributed by atoms with Gasteiger partial charge in [0.15, 0.2) is 10.9 Å². The number of aromatic nitrogens is 2. The highest BCUT2D eigenvalue weighted by molar-refractivity contribution is 7.98. The van der Waals surface area contributed by atoms with E-state index in [0.29, 0.717) is 22.0 Å². The summed E-state index contributed by atoms with van der Waals surface area (Å²) in [5.74, 6) is 0.663. The Labute approximate surface area is 113 Å². The summed E-state index contributed by atoms with van der Waals surface area (Å²) in [7, 11) is 0. The van der Waals surface area contributed by atoms with Crippen molar-refractivity contribution in [2.24, 2.45) is 0 Å². The zero-order valence-electron chi connectivity index (χ0n) is 9.80. The van der Waals surface area contributed by atoms with E-state index < -0.39 is 0 Å². The Balaban J connectivity index is 2.62. The molecule has 2 heterocycles. The van der Waals surface area contributed by atoms with E-state index in [1.807, 2.05) is 18.6 Å². The molecule has 18 heavy (non-hydrogen) atoms. The van der Waals surface area contributed by atoms with Crippen molar-refractivity contribution in [3.63, 3.8) is 0 Å². The molecule has 0 saturated carbocycles. The van der Waals surface area contributed by atoms with Crippen LogP contribution in [0.5, 0.6) is 0 Å². The average molecular weight is 278 g/mol. The molecule has 0 spiro atoms. The lowest BCUT2D eigenvalue weighted by molar-refractivity contribution is 0.486. The van der Waals surface area contributed by atoms with Crippen LogP contribution >= 0.6 is 23.5 Å². The monoisotopic (exact) mass is 278 g/mol. The molecule has 2 aromatic rings. The Morgan fingerprint density at radius 2 is 2.06 bits per heavy atom. The Morgan fingerprint density at radius 1 is 1.28 bits per heavy atom. The van der Waals surface area contributed by atoms with Gasteiger partial charge in [0.05, 0.1) is 0 Å². The summed E-state index contributed by atoms with van der Waals surface area (Å²) >= 11 is 2.84. The summed E-state index contributed by atoms with van der Waals surface area (Å²) in [6.45, 7) is 0. The predicted molar refractivity (Wildman–Crippen MR) is 72.4 cm³/mol. The lowest BCUT2D eigenvalue weighted by Gasteiger charge is -2.05. The zero-order valence-corrected chi connectivity index (χ0v) is 11.4. The molecule has 0 aliphatic rings. The number of hydrogen-bond donors (Lipinski definition) is 1. The number of nitrogens with zero attached hydrogens (tertiary/aromatic N) is 3. The molecule has 0 aliphatic heterocycles. The molecule has 92 valence electrons. The molecule has 0 radical (unpaired) electrons. The summed E-state index contributed by atoms with van der Waals surface area (Å²) < 4.78 is 5.57. The third-order valence-electron chi connectivity index (χ3n) is 2.21. The molecule has 0 amide bonds. The van der Waals surface area contributed by atoms with Gasteiger partial charge in [-0.2, -0.15) is 5.26 Å². The van der Waals surface area contributed by atoms with Gasteiger partial charge in [-0.05, 0) is 24.6 Å². The third kappa shape index (κ3) is 2.30. The zero-order chi connectivity index (χ0) is 13.1. The SMILES string of the molecule is CSc1ccc(-c2nc(N)nc(SC)c2C#N)o1. The standard InChI is InChI=1S/C11H10N4OS2/c1-17-8-4-3-7(16-8)9-6(5-12)10(18-2)15-11(13)14-9/h3-4H,1-2H3,(H2,13,14,15). The molecule has 0 atom stereocenters. The normalized spacial score (nSPS) is 10.3. The highest BCUT2D eigenvalue weighted by Crippen LogP contribution is 2.31. The molecule has 0 fully saturated rings. The smallest absolute Gasteiger partial charge is 0.221 e. The summed E-state index contributed by atoms with van der Waals surface area (Å²) in [5, 5.41) is 10.5. The van der Waals surface area contributed by atoms with Crippen LogP contribution in [0, 0.1) is 11.3 Å². The summed E-state index contributed by atoms with van der Waals surface area (Å²) in [6, 6.07) is 5.71. The predicted octanol–water partition coefficient (Wildman–Crippen LogP) is 2.63. The van der Waals surface area contributed by atoms with Crippen LogP contribution in [0.2, 0.25) is 0 Å². The summed E-state index contributed by atoms with van der Waals surface area (Å²) in [4.78, 5) is 8.13. The van der Waals surface area contributed by atoms with Crippen molar-refractivity contribution in [2.75, 3.05) is 18.2 Å². The minimum atomic E-state index is 0.135. The highest BCUT2D eigenvalue weighted by Gasteiger charge is 2.17. The minimum Gasteiger partial charge on any atom is -0.448 e. The minimum absolute atomic E-state index is 0.135. The fraction of sp³-hybridized carbons (Fsp3) is 0.182. The second-order valence-electron chi connectivity index (χ2n) is 3.25. The molecule has 2 N–H and O–H groups in total. The van der Waals surface area contributed by atoms with E-state index in [1.165, 1.54) is 23.5 Å². The molecule has 2 aromatic heterocycles. The first-order chi connectivity index (χ1) is 8.69. The van der Waals surface area contributed by atoms with Gasteiger partial charge in [-0.1, -0.05) is 11.8 Å². The van der Waals surface area contributed by atoms with E-state index in [1.54, 1.807) is 6.07 Å². The van der Waals surface area contributed by atoms with Crippen LogP contribution in [-0.2, 0) is 0 Å². The average Bonchev–Trinajstić information content (AvgIpc) is 2.86. The van der Waals surface area contributed by atoms with Crippen molar-refractivity contribution in [3.8, 4) is 17.5 Å². The quantitative estimate of drug-likeness (QED) is 0.681. The van der Waals surface area contributed by atoms with Gasteiger partial charge in [0.2, 0.25) is 5.95 Å². The van der Waals surface area contributed by atoms with Crippen LogP contribution in [0.4, 0.5) is 5.95 Å². The fourth-order valence-electron chi connectivity index (χ4n) is 1.44. The van der Waals surface area contributed by atoms with Gasteiger partial charge in [0.25, 0.3) is 0 Å². The van der Waals surface area contributed by atoms with E-state index in [-0.39, 0.29) is 5.95 Å². The van der Waals surface area contributed by atoms with Gasteiger partial charge in [0, 0.05) is 0 Å². The lowest BCUT2D eigenvalue weighted by atomic mass is 10.2. The number of thioether (sulfide) groups is 2. The molecule has 0 aliphatic carbocycles. The van der Waals surface area contributed by atoms with Crippen LogP contribution in [0.25, 0.3) is 11.5 Å². The number of rotatable bonds is 3. The van der Waals surface area contributed by atoms with Crippen molar-refractivity contribution >= 4 is 29.5 Å². The fourth-order valence-corrected chi connectivity index (χ4v) is 2.35. The number of anilines is 1. The number of furan rings is 1. The van der Waals surface area contributed by atoms with E-state index in [4.69, 9.17) is 10.2 Å². The van der Waals surface area contributed by atoms with Crippen molar-refractivity contribution in [2.45, 2.75) is 10.1 Å². The molecule has 0 aromatic carbocycles. The molecular formula is C11H10N4OS2. The van der Waals surface area contributed by atoms with E-state index in [2.05, 4.69) is 16.0 Å². The Hall–Kier alpha value is -1.65. The summed E-state index contributed by atoms with van der Waals surface area (Å²) in [6.07, 6.45) is 3.75. The second kappa shape index (κ2) is 5.33. The number of nitrogens with two attached hydrogens (primary N) is 1. The molecule has 0 bridgehead atoms. The number of nitrogen functional groups attached to an aromatic ring is 1. The Morgan fingerprint density at radius 3 is 2.61 bits per heavy atom. The van der Waals surface area contributed by atoms with E-state index in [0.717, 1.165) is 5.09 Å².